The predicted molar refractivity (Wildman–Crippen MR) is 138 cm³/mol. The number of methoxy groups -OCH3 is 1. The fourth-order valence-corrected chi connectivity index (χ4v) is 4.79. The van der Waals surface area contributed by atoms with Gasteiger partial charge < -0.3 is 19.5 Å². The van der Waals surface area contributed by atoms with Crippen molar-refractivity contribution in [3.8, 4) is 5.75 Å². The molecule has 180 valence electrons. The van der Waals surface area contributed by atoms with E-state index in [2.05, 4.69) is 22.0 Å². The third-order valence-corrected chi connectivity index (χ3v) is 6.77. The highest BCUT2D eigenvalue weighted by molar-refractivity contribution is 7.71. The van der Waals surface area contributed by atoms with Crippen molar-refractivity contribution in [2.75, 3.05) is 38.2 Å². The number of rotatable bonds is 8. The molecule has 2 heterocycles. The Morgan fingerprint density at radius 2 is 1.79 bits per heavy atom. The quantitative estimate of drug-likeness (QED) is 0.383. The van der Waals surface area contributed by atoms with Crippen LogP contribution in [0.15, 0.2) is 53.3 Å². The lowest BCUT2D eigenvalue weighted by Gasteiger charge is -2.24. The molecule has 1 saturated heterocycles. The summed E-state index contributed by atoms with van der Waals surface area (Å²) in [6, 6.07) is 15.5. The van der Waals surface area contributed by atoms with Gasteiger partial charge in [0, 0.05) is 44.8 Å². The van der Waals surface area contributed by atoms with Gasteiger partial charge >= 0.3 is 0 Å². The summed E-state index contributed by atoms with van der Waals surface area (Å²) in [6.45, 7) is 3.88. The number of nitrogens with one attached hydrogen (secondary N) is 1. The molecule has 2 aromatic carbocycles. The molecule has 0 saturated carbocycles. The molecular formula is C26H32N4O3S. The molecule has 1 N–H and O–H groups in total. The van der Waals surface area contributed by atoms with Gasteiger partial charge in [-0.3, -0.25) is 14.2 Å². The topological polar surface area (TPSA) is 70.6 Å². The molecule has 0 unspecified atom stereocenters. The van der Waals surface area contributed by atoms with Crippen LogP contribution < -0.4 is 15.2 Å². The van der Waals surface area contributed by atoms with Crippen molar-refractivity contribution in [2.24, 2.45) is 0 Å². The third-order valence-electron chi connectivity index (χ3n) is 6.45. The van der Waals surface area contributed by atoms with Crippen molar-refractivity contribution in [3.05, 3.63) is 63.7 Å². The van der Waals surface area contributed by atoms with Gasteiger partial charge in [0.1, 0.15) is 5.75 Å². The van der Waals surface area contributed by atoms with Crippen LogP contribution in [0.1, 0.15) is 32.1 Å². The predicted octanol–water partition coefficient (Wildman–Crippen LogP) is 4.37. The van der Waals surface area contributed by atoms with Crippen molar-refractivity contribution < 1.29 is 9.53 Å². The van der Waals surface area contributed by atoms with E-state index < -0.39 is 0 Å². The summed E-state index contributed by atoms with van der Waals surface area (Å²) >= 11 is 5.38. The number of anilines is 1. The van der Waals surface area contributed by atoms with Crippen LogP contribution in [-0.2, 0) is 11.3 Å². The lowest BCUT2D eigenvalue weighted by Crippen LogP contribution is -2.35. The van der Waals surface area contributed by atoms with Crippen LogP contribution in [0.2, 0.25) is 0 Å². The molecule has 1 amide bonds. The second-order valence-corrected chi connectivity index (χ2v) is 9.05. The number of nitrogens with zero attached hydrogens (tertiary/aromatic N) is 3. The van der Waals surface area contributed by atoms with E-state index in [0.717, 1.165) is 68.8 Å². The van der Waals surface area contributed by atoms with E-state index >= 15 is 0 Å². The van der Waals surface area contributed by atoms with Gasteiger partial charge in [0.2, 0.25) is 5.91 Å². The fourth-order valence-electron chi connectivity index (χ4n) is 4.50. The summed E-state index contributed by atoms with van der Waals surface area (Å²) in [5, 5.41) is 0.649. The van der Waals surface area contributed by atoms with Crippen LogP contribution in [0.3, 0.4) is 0 Å². The molecule has 1 aromatic heterocycles. The van der Waals surface area contributed by atoms with Crippen LogP contribution in [0, 0.1) is 4.77 Å². The Hall–Kier alpha value is -3.13. The van der Waals surface area contributed by atoms with E-state index in [0.29, 0.717) is 23.1 Å². The molecule has 1 aliphatic rings. The van der Waals surface area contributed by atoms with Gasteiger partial charge in [-0.05, 0) is 67.9 Å². The zero-order valence-electron chi connectivity index (χ0n) is 19.7. The molecule has 1 fully saturated rings. The van der Waals surface area contributed by atoms with Crippen LogP contribution in [-0.4, -0.2) is 53.6 Å². The van der Waals surface area contributed by atoms with E-state index in [4.69, 9.17) is 17.0 Å². The first-order valence-corrected chi connectivity index (χ1v) is 12.4. The summed E-state index contributed by atoms with van der Waals surface area (Å²) in [6.07, 6.45) is 4.01. The molecule has 34 heavy (non-hydrogen) atoms. The van der Waals surface area contributed by atoms with Crippen molar-refractivity contribution in [1.29, 1.82) is 0 Å². The van der Waals surface area contributed by atoms with E-state index in [1.54, 1.807) is 11.7 Å². The van der Waals surface area contributed by atoms with E-state index in [1.807, 2.05) is 41.3 Å². The number of unbranched alkanes of at least 4 members (excludes halogenated alkanes) is 2. The highest BCUT2D eigenvalue weighted by Crippen LogP contribution is 2.21. The van der Waals surface area contributed by atoms with Gasteiger partial charge in [0.05, 0.1) is 18.0 Å². The zero-order valence-corrected chi connectivity index (χ0v) is 20.5. The van der Waals surface area contributed by atoms with Gasteiger partial charge in [-0.15, -0.1) is 0 Å². The number of benzene rings is 2. The molecule has 0 aliphatic carbocycles. The summed E-state index contributed by atoms with van der Waals surface area (Å²) in [5.74, 6) is 1.07. The summed E-state index contributed by atoms with van der Waals surface area (Å²) in [7, 11) is 1.67. The number of hydrogen-bond donors (Lipinski definition) is 1. The number of H-pyrrole nitrogens is 1. The molecule has 0 radical (unpaired) electrons. The lowest BCUT2D eigenvalue weighted by atomic mass is 10.1. The standard InChI is InChI=1S/C26H32N4O3S/c1-33-21-13-11-20(12-14-21)28-15-7-16-29(19-18-28)24(31)10-3-2-6-17-30-25(32)22-8-4-5-9-23(22)27-26(30)34/h4-5,8-9,11-14H,2-3,6-7,10,15-19H2,1H3,(H,27,34). The van der Waals surface area contributed by atoms with Gasteiger partial charge in [-0.25, -0.2) is 0 Å². The Morgan fingerprint density at radius 1 is 1.00 bits per heavy atom. The minimum absolute atomic E-state index is 0.0543. The maximum Gasteiger partial charge on any atom is 0.262 e. The summed E-state index contributed by atoms with van der Waals surface area (Å²) in [4.78, 5) is 33.0. The van der Waals surface area contributed by atoms with E-state index in [9.17, 15) is 9.59 Å². The molecule has 7 nitrogen and oxygen atoms in total. The second-order valence-electron chi connectivity index (χ2n) is 8.66. The van der Waals surface area contributed by atoms with E-state index in [-0.39, 0.29) is 11.5 Å². The Balaban J connectivity index is 1.23. The SMILES string of the molecule is COc1ccc(N2CCCN(C(=O)CCCCCn3c(=S)[nH]c4ccccc4c3=O)CC2)cc1. The van der Waals surface area contributed by atoms with Crippen molar-refractivity contribution in [3.63, 3.8) is 0 Å². The average molecular weight is 481 g/mol. The van der Waals surface area contributed by atoms with Crippen LogP contribution in [0.4, 0.5) is 5.69 Å². The monoisotopic (exact) mass is 480 g/mol. The minimum Gasteiger partial charge on any atom is -0.497 e. The number of amides is 1. The van der Waals surface area contributed by atoms with Crippen LogP contribution >= 0.6 is 12.2 Å². The second kappa shape index (κ2) is 11.3. The van der Waals surface area contributed by atoms with Crippen molar-refractivity contribution >= 4 is 34.7 Å². The van der Waals surface area contributed by atoms with Crippen molar-refractivity contribution in [1.82, 2.24) is 14.5 Å². The highest BCUT2D eigenvalue weighted by Gasteiger charge is 2.19. The summed E-state index contributed by atoms with van der Waals surface area (Å²) in [5.41, 5.74) is 1.88. The van der Waals surface area contributed by atoms with Gasteiger partial charge in [-0.1, -0.05) is 18.6 Å². The Kier molecular flexibility index (Phi) is 8.00. The molecule has 0 atom stereocenters. The molecular weight excluding hydrogens is 448 g/mol. The molecule has 1 aliphatic heterocycles. The Bertz CT molecular complexity index is 1240. The molecule has 0 spiro atoms. The largest absolute Gasteiger partial charge is 0.497 e. The number of carbonyl (C=O) groups excluding carboxylic acids is 1. The third kappa shape index (κ3) is 5.67. The minimum atomic E-state index is -0.0543. The maximum atomic E-state index is 12.8. The molecule has 4 rings (SSSR count). The Labute approximate surface area is 205 Å². The first kappa shape index (κ1) is 24.0. The number of hydrogen-bond acceptors (Lipinski definition) is 5. The highest BCUT2D eigenvalue weighted by atomic mass is 32.1. The van der Waals surface area contributed by atoms with Gasteiger partial charge in [-0.2, -0.15) is 0 Å². The lowest BCUT2D eigenvalue weighted by molar-refractivity contribution is -0.131. The van der Waals surface area contributed by atoms with Gasteiger partial charge in [0.25, 0.3) is 5.56 Å². The first-order chi connectivity index (χ1) is 16.6. The number of fused-ring (bicyclic) bond motifs is 1. The fraction of sp³-hybridized carbons (Fsp3) is 0.423. The van der Waals surface area contributed by atoms with Gasteiger partial charge in [0.15, 0.2) is 4.77 Å². The van der Waals surface area contributed by atoms with Crippen LogP contribution in [0.5, 0.6) is 5.75 Å². The molecule has 8 heteroatoms. The average Bonchev–Trinajstić information content (AvgIpc) is 3.12. The number of para-hydroxylation sites is 1. The normalized spacial score (nSPS) is 14.3. The number of aromatic nitrogens is 2. The summed E-state index contributed by atoms with van der Waals surface area (Å²) < 4.78 is 7.32. The zero-order chi connectivity index (χ0) is 23.9. The number of ether oxygens (including phenoxy) is 1. The first-order valence-electron chi connectivity index (χ1n) is 12.0. The Morgan fingerprint density at radius 3 is 2.59 bits per heavy atom. The number of carbonyl (C=O) groups is 1. The van der Waals surface area contributed by atoms with Crippen molar-refractivity contribution in [2.45, 2.75) is 38.6 Å². The molecule has 3 aromatic rings. The number of aromatic amines is 1. The van der Waals surface area contributed by atoms with E-state index in [1.165, 1.54) is 0 Å². The maximum absolute atomic E-state index is 12.8. The molecule has 0 bridgehead atoms. The van der Waals surface area contributed by atoms with Crippen LogP contribution in [0.25, 0.3) is 10.9 Å². The smallest absolute Gasteiger partial charge is 0.262 e.